The molecule has 0 atom stereocenters. The van der Waals surface area contributed by atoms with E-state index in [9.17, 15) is 4.79 Å². The highest BCUT2D eigenvalue weighted by molar-refractivity contribution is 5.88. The van der Waals surface area contributed by atoms with Gasteiger partial charge in [0.2, 0.25) is 0 Å². The zero-order valence-electron chi connectivity index (χ0n) is 12.3. The predicted molar refractivity (Wildman–Crippen MR) is 83.2 cm³/mol. The molecule has 0 radical (unpaired) electrons. The van der Waals surface area contributed by atoms with Gasteiger partial charge in [-0.05, 0) is 37.6 Å². The number of carbonyl (C=O) groups is 1. The fraction of sp³-hybridized carbons (Fsp3) is 0.118. The number of carboxylic acid groups (broad SMARTS) is 1. The van der Waals surface area contributed by atoms with E-state index in [1.54, 1.807) is 10.9 Å². The average Bonchev–Trinajstić information content (AvgIpc) is 2.89. The lowest BCUT2D eigenvalue weighted by Gasteiger charge is -2.09. The van der Waals surface area contributed by atoms with Crippen molar-refractivity contribution in [2.24, 2.45) is 0 Å². The maximum absolute atomic E-state index is 11.1. The van der Waals surface area contributed by atoms with Crippen molar-refractivity contribution in [2.75, 3.05) is 0 Å². The first-order valence-electron chi connectivity index (χ1n) is 6.87. The van der Waals surface area contributed by atoms with Crippen molar-refractivity contribution in [3.63, 3.8) is 0 Å². The molecule has 0 aliphatic heterocycles. The summed E-state index contributed by atoms with van der Waals surface area (Å²) < 4.78 is 1.68. The smallest absolute Gasteiger partial charge is 0.335 e. The molecule has 0 fully saturated rings. The summed E-state index contributed by atoms with van der Waals surface area (Å²) in [5.41, 5.74) is 4.29. The second-order valence-electron chi connectivity index (χ2n) is 5.17. The van der Waals surface area contributed by atoms with Gasteiger partial charge in [0.05, 0.1) is 17.5 Å². The zero-order valence-corrected chi connectivity index (χ0v) is 12.3. The SMILES string of the molecule is Cc1cccc(-c2c(C)cnn2-c2cc(C(=O)O)ccn2)c1. The van der Waals surface area contributed by atoms with Gasteiger partial charge in [-0.2, -0.15) is 5.10 Å². The Bertz CT molecular complexity index is 853. The van der Waals surface area contributed by atoms with Crippen molar-refractivity contribution < 1.29 is 9.90 Å². The molecule has 1 aromatic carbocycles. The van der Waals surface area contributed by atoms with Crippen LogP contribution in [0.1, 0.15) is 21.5 Å². The quantitative estimate of drug-likeness (QED) is 0.805. The predicted octanol–water partition coefficient (Wildman–Crippen LogP) is 3.25. The van der Waals surface area contributed by atoms with Crippen molar-refractivity contribution in [1.82, 2.24) is 14.8 Å². The van der Waals surface area contributed by atoms with Gasteiger partial charge in [-0.1, -0.05) is 23.8 Å². The van der Waals surface area contributed by atoms with E-state index in [0.717, 1.165) is 22.4 Å². The van der Waals surface area contributed by atoms with E-state index in [4.69, 9.17) is 5.11 Å². The largest absolute Gasteiger partial charge is 0.478 e. The van der Waals surface area contributed by atoms with Crippen LogP contribution < -0.4 is 0 Å². The van der Waals surface area contributed by atoms with Gasteiger partial charge in [-0.15, -0.1) is 0 Å². The van der Waals surface area contributed by atoms with Crippen LogP contribution in [0.4, 0.5) is 0 Å². The van der Waals surface area contributed by atoms with Crippen molar-refractivity contribution in [2.45, 2.75) is 13.8 Å². The minimum Gasteiger partial charge on any atom is -0.478 e. The van der Waals surface area contributed by atoms with Gasteiger partial charge in [0.15, 0.2) is 5.82 Å². The van der Waals surface area contributed by atoms with Crippen molar-refractivity contribution in [1.29, 1.82) is 0 Å². The van der Waals surface area contributed by atoms with Crippen LogP contribution in [0.25, 0.3) is 17.1 Å². The number of aryl methyl sites for hydroxylation is 2. The summed E-state index contributed by atoms with van der Waals surface area (Å²) in [5, 5.41) is 13.5. The van der Waals surface area contributed by atoms with Crippen molar-refractivity contribution in [3.8, 4) is 17.1 Å². The lowest BCUT2D eigenvalue weighted by Crippen LogP contribution is -2.05. The molecule has 2 aromatic heterocycles. The van der Waals surface area contributed by atoms with Crippen LogP contribution in [0.3, 0.4) is 0 Å². The van der Waals surface area contributed by atoms with E-state index in [1.807, 2.05) is 32.0 Å². The second-order valence-corrected chi connectivity index (χ2v) is 5.17. The molecule has 5 heteroatoms. The first-order chi connectivity index (χ1) is 10.6. The van der Waals surface area contributed by atoms with E-state index in [2.05, 4.69) is 16.1 Å². The van der Waals surface area contributed by atoms with Crippen LogP contribution in [0.2, 0.25) is 0 Å². The molecule has 1 N–H and O–H groups in total. The lowest BCUT2D eigenvalue weighted by molar-refractivity contribution is 0.0696. The molecule has 5 nitrogen and oxygen atoms in total. The monoisotopic (exact) mass is 293 g/mol. The molecule has 0 aliphatic rings. The van der Waals surface area contributed by atoms with E-state index in [0.29, 0.717) is 5.82 Å². The molecule has 0 aliphatic carbocycles. The Morgan fingerprint density at radius 1 is 1.18 bits per heavy atom. The number of hydrogen-bond acceptors (Lipinski definition) is 3. The molecule has 3 rings (SSSR count). The third kappa shape index (κ3) is 2.48. The maximum Gasteiger partial charge on any atom is 0.335 e. The number of pyridine rings is 1. The summed E-state index contributed by atoms with van der Waals surface area (Å²) in [6, 6.07) is 11.1. The number of aromatic nitrogens is 3. The highest BCUT2D eigenvalue weighted by atomic mass is 16.4. The Labute approximate surface area is 127 Å². The molecule has 0 spiro atoms. The van der Waals surface area contributed by atoms with E-state index in [1.165, 1.54) is 18.3 Å². The first kappa shape index (κ1) is 14.0. The van der Waals surface area contributed by atoms with Crippen LogP contribution in [0, 0.1) is 13.8 Å². The number of rotatable bonds is 3. The molecule has 3 aromatic rings. The summed E-state index contributed by atoms with van der Waals surface area (Å²) in [5.74, 6) is -0.492. The lowest BCUT2D eigenvalue weighted by atomic mass is 10.1. The van der Waals surface area contributed by atoms with Gasteiger partial charge in [0, 0.05) is 11.8 Å². The minimum atomic E-state index is -0.982. The van der Waals surface area contributed by atoms with Crippen molar-refractivity contribution >= 4 is 5.97 Å². The third-order valence-electron chi connectivity index (χ3n) is 3.45. The third-order valence-corrected chi connectivity index (χ3v) is 3.45. The normalized spacial score (nSPS) is 10.6. The van der Waals surface area contributed by atoms with E-state index in [-0.39, 0.29) is 5.56 Å². The molecule has 0 bridgehead atoms. The van der Waals surface area contributed by atoms with Gasteiger partial charge in [-0.3, -0.25) is 0 Å². The fourth-order valence-corrected chi connectivity index (χ4v) is 2.41. The highest BCUT2D eigenvalue weighted by Gasteiger charge is 2.14. The summed E-state index contributed by atoms with van der Waals surface area (Å²) in [7, 11) is 0. The van der Waals surface area contributed by atoms with Gasteiger partial charge >= 0.3 is 5.97 Å². The van der Waals surface area contributed by atoms with Crippen LogP contribution >= 0.6 is 0 Å². The molecular weight excluding hydrogens is 278 g/mol. The average molecular weight is 293 g/mol. The summed E-state index contributed by atoms with van der Waals surface area (Å²) in [4.78, 5) is 15.4. The fourth-order valence-electron chi connectivity index (χ4n) is 2.41. The summed E-state index contributed by atoms with van der Waals surface area (Å²) in [6.07, 6.45) is 3.24. The van der Waals surface area contributed by atoms with E-state index >= 15 is 0 Å². The van der Waals surface area contributed by atoms with E-state index < -0.39 is 5.97 Å². The Balaban J connectivity index is 2.17. The highest BCUT2D eigenvalue weighted by Crippen LogP contribution is 2.26. The van der Waals surface area contributed by atoms with Gasteiger partial charge in [0.1, 0.15) is 0 Å². The topological polar surface area (TPSA) is 68.0 Å². The van der Waals surface area contributed by atoms with Gasteiger partial charge in [-0.25, -0.2) is 14.5 Å². The summed E-state index contributed by atoms with van der Waals surface area (Å²) >= 11 is 0. The number of hydrogen-bond donors (Lipinski definition) is 1. The summed E-state index contributed by atoms with van der Waals surface area (Å²) in [6.45, 7) is 4.01. The first-order valence-corrected chi connectivity index (χ1v) is 6.87. The number of carboxylic acids is 1. The Morgan fingerprint density at radius 3 is 2.73 bits per heavy atom. The Morgan fingerprint density at radius 2 is 2.00 bits per heavy atom. The zero-order chi connectivity index (χ0) is 15.7. The van der Waals surface area contributed by atoms with Crippen LogP contribution in [0.5, 0.6) is 0 Å². The van der Waals surface area contributed by atoms with Gasteiger partial charge in [0.25, 0.3) is 0 Å². The molecule has 2 heterocycles. The second kappa shape index (κ2) is 5.44. The molecule has 0 amide bonds. The molecular formula is C17H15N3O2. The Hall–Kier alpha value is -2.95. The molecule has 110 valence electrons. The number of nitrogens with zero attached hydrogens (tertiary/aromatic N) is 3. The Kier molecular flexibility index (Phi) is 3.47. The standard InChI is InChI=1S/C17H15N3O2/c1-11-4-3-5-13(8-11)16-12(2)10-19-20(16)15-9-14(17(21)22)6-7-18-15/h3-10H,1-2H3,(H,21,22). The van der Waals surface area contributed by atoms with Crippen molar-refractivity contribution in [3.05, 3.63) is 65.5 Å². The number of aromatic carboxylic acids is 1. The van der Waals surface area contributed by atoms with Crippen LogP contribution in [0.15, 0.2) is 48.8 Å². The molecule has 22 heavy (non-hydrogen) atoms. The molecule has 0 saturated carbocycles. The minimum absolute atomic E-state index is 0.188. The maximum atomic E-state index is 11.1. The molecule has 0 saturated heterocycles. The number of benzene rings is 1. The van der Waals surface area contributed by atoms with Crippen LogP contribution in [-0.4, -0.2) is 25.8 Å². The van der Waals surface area contributed by atoms with Crippen LogP contribution in [-0.2, 0) is 0 Å². The molecule has 0 unspecified atom stereocenters. The van der Waals surface area contributed by atoms with Gasteiger partial charge < -0.3 is 5.11 Å².